The average molecular weight is 253 g/mol. The Morgan fingerprint density at radius 2 is 1.72 bits per heavy atom. The van der Waals surface area contributed by atoms with Gasteiger partial charge in [0, 0.05) is 23.6 Å². The zero-order chi connectivity index (χ0) is 13.3. The van der Waals surface area contributed by atoms with Gasteiger partial charge in [-0.25, -0.2) is 13.2 Å². The van der Waals surface area contributed by atoms with E-state index < -0.39 is 23.5 Å². The van der Waals surface area contributed by atoms with Crippen molar-refractivity contribution in [2.24, 2.45) is 5.73 Å². The molecule has 0 spiro atoms. The molecule has 0 radical (unpaired) electrons. The maximum atomic E-state index is 13.1. The highest BCUT2D eigenvalue weighted by molar-refractivity contribution is 5.49. The third kappa shape index (κ3) is 2.14. The molecule has 1 aromatic carbocycles. The van der Waals surface area contributed by atoms with Gasteiger partial charge < -0.3 is 11.5 Å². The van der Waals surface area contributed by atoms with Gasteiger partial charge in [-0.15, -0.1) is 0 Å². The van der Waals surface area contributed by atoms with E-state index in [1.165, 1.54) is 18.5 Å². The van der Waals surface area contributed by atoms with Crippen molar-refractivity contribution in [1.29, 1.82) is 0 Å². The van der Waals surface area contributed by atoms with Crippen LogP contribution in [0.2, 0.25) is 0 Å². The van der Waals surface area contributed by atoms with E-state index in [-0.39, 0.29) is 5.56 Å². The molecule has 6 heteroatoms. The Morgan fingerprint density at radius 1 is 1.11 bits per heavy atom. The lowest BCUT2D eigenvalue weighted by Gasteiger charge is -2.14. The predicted octanol–water partition coefficient (Wildman–Crippen LogP) is 2.13. The fourth-order valence-corrected chi connectivity index (χ4v) is 1.61. The van der Waals surface area contributed by atoms with E-state index in [4.69, 9.17) is 11.5 Å². The second kappa shape index (κ2) is 4.66. The Morgan fingerprint density at radius 3 is 2.28 bits per heavy atom. The molecule has 0 aliphatic rings. The molecule has 0 aliphatic carbocycles. The van der Waals surface area contributed by atoms with E-state index in [0.29, 0.717) is 11.3 Å². The number of hydrogen-bond donors (Lipinski definition) is 2. The van der Waals surface area contributed by atoms with Crippen LogP contribution in [0.25, 0.3) is 0 Å². The van der Waals surface area contributed by atoms with E-state index in [1.54, 1.807) is 0 Å². The second-order valence-electron chi connectivity index (χ2n) is 3.78. The maximum Gasteiger partial charge on any atom is 0.194 e. The summed E-state index contributed by atoms with van der Waals surface area (Å²) in [5, 5.41) is 0. The monoisotopic (exact) mass is 253 g/mol. The van der Waals surface area contributed by atoms with Gasteiger partial charge >= 0.3 is 0 Å². The molecule has 0 bridgehead atoms. The van der Waals surface area contributed by atoms with Crippen molar-refractivity contribution in [3.63, 3.8) is 0 Å². The van der Waals surface area contributed by atoms with Crippen molar-refractivity contribution in [1.82, 2.24) is 4.98 Å². The molecule has 1 aromatic heterocycles. The lowest BCUT2D eigenvalue weighted by molar-refractivity contribution is 0.444. The van der Waals surface area contributed by atoms with Gasteiger partial charge in [0.1, 0.15) is 0 Å². The molecule has 4 N–H and O–H groups in total. The standard InChI is InChI=1S/C12H10F3N3/c13-8-3-6(4-9(14)11(8)15)12(17)7-5-18-2-1-10(7)16/h1-5,12H,17H2,(H2,16,18). The smallest absolute Gasteiger partial charge is 0.194 e. The Bertz CT molecular complexity index is 564. The van der Waals surface area contributed by atoms with Crippen molar-refractivity contribution in [2.75, 3.05) is 5.73 Å². The molecule has 2 rings (SSSR count). The van der Waals surface area contributed by atoms with Gasteiger partial charge in [-0.2, -0.15) is 0 Å². The number of nitrogens with zero attached hydrogens (tertiary/aromatic N) is 1. The van der Waals surface area contributed by atoms with Crippen LogP contribution >= 0.6 is 0 Å². The minimum atomic E-state index is -1.52. The first-order chi connectivity index (χ1) is 8.50. The predicted molar refractivity (Wildman–Crippen MR) is 61.0 cm³/mol. The van der Waals surface area contributed by atoms with Crippen LogP contribution in [-0.2, 0) is 0 Å². The summed E-state index contributed by atoms with van der Waals surface area (Å²) in [5.41, 5.74) is 12.4. The highest BCUT2D eigenvalue weighted by Gasteiger charge is 2.17. The topological polar surface area (TPSA) is 64.9 Å². The van der Waals surface area contributed by atoms with Gasteiger partial charge in [-0.1, -0.05) is 0 Å². The molecule has 0 amide bonds. The molecule has 0 saturated heterocycles. The van der Waals surface area contributed by atoms with Gasteiger partial charge in [-0.3, -0.25) is 4.98 Å². The van der Waals surface area contributed by atoms with Gasteiger partial charge in [-0.05, 0) is 23.8 Å². The summed E-state index contributed by atoms with van der Waals surface area (Å²) >= 11 is 0. The number of halogens is 3. The van der Waals surface area contributed by atoms with Crippen molar-refractivity contribution >= 4 is 5.69 Å². The number of aromatic nitrogens is 1. The summed E-state index contributed by atoms with van der Waals surface area (Å²) in [5.74, 6) is -4.10. The summed E-state index contributed by atoms with van der Waals surface area (Å²) in [6.07, 6.45) is 2.87. The molecule has 2 aromatic rings. The number of anilines is 1. The van der Waals surface area contributed by atoms with E-state index in [2.05, 4.69) is 4.98 Å². The van der Waals surface area contributed by atoms with Crippen LogP contribution in [0.1, 0.15) is 17.2 Å². The van der Waals surface area contributed by atoms with E-state index in [0.717, 1.165) is 12.1 Å². The number of benzene rings is 1. The summed E-state index contributed by atoms with van der Waals surface area (Å²) < 4.78 is 39.0. The fraction of sp³-hybridized carbons (Fsp3) is 0.0833. The van der Waals surface area contributed by atoms with E-state index in [9.17, 15) is 13.2 Å². The number of nitrogen functional groups attached to an aromatic ring is 1. The largest absolute Gasteiger partial charge is 0.398 e. The number of nitrogens with two attached hydrogens (primary N) is 2. The molecule has 18 heavy (non-hydrogen) atoms. The Hall–Kier alpha value is -2.08. The van der Waals surface area contributed by atoms with Crippen molar-refractivity contribution in [2.45, 2.75) is 6.04 Å². The first-order valence-corrected chi connectivity index (χ1v) is 5.10. The lowest BCUT2D eigenvalue weighted by atomic mass is 9.99. The minimum absolute atomic E-state index is 0.0890. The lowest BCUT2D eigenvalue weighted by Crippen LogP contribution is -2.15. The van der Waals surface area contributed by atoms with Gasteiger partial charge in [0.25, 0.3) is 0 Å². The summed E-state index contributed by atoms with van der Waals surface area (Å²) in [4.78, 5) is 3.83. The summed E-state index contributed by atoms with van der Waals surface area (Å²) in [7, 11) is 0. The minimum Gasteiger partial charge on any atom is -0.398 e. The van der Waals surface area contributed by atoms with Crippen molar-refractivity contribution in [3.05, 3.63) is 59.2 Å². The third-order valence-electron chi connectivity index (χ3n) is 2.59. The van der Waals surface area contributed by atoms with Crippen LogP contribution in [0.5, 0.6) is 0 Å². The average Bonchev–Trinajstić information content (AvgIpc) is 2.35. The highest BCUT2D eigenvalue weighted by atomic mass is 19.2. The Balaban J connectivity index is 2.47. The van der Waals surface area contributed by atoms with Crippen LogP contribution < -0.4 is 11.5 Å². The molecule has 0 fully saturated rings. The molecule has 94 valence electrons. The number of hydrogen-bond acceptors (Lipinski definition) is 3. The quantitative estimate of drug-likeness (QED) is 0.806. The maximum absolute atomic E-state index is 13.1. The molecule has 1 heterocycles. The molecule has 0 saturated carbocycles. The zero-order valence-electron chi connectivity index (χ0n) is 9.20. The van der Waals surface area contributed by atoms with Gasteiger partial charge in [0.2, 0.25) is 0 Å². The summed E-state index contributed by atoms with van der Waals surface area (Å²) in [6.45, 7) is 0. The summed E-state index contributed by atoms with van der Waals surface area (Å²) in [6, 6.07) is 2.33. The van der Waals surface area contributed by atoms with Crippen molar-refractivity contribution in [3.8, 4) is 0 Å². The molecule has 1 atom stereocenters. The second-order valence-corrected chi connectivity index (χ2v) is 3.78. The zero-order valence-corrected chi connectivity index (χ0v) is 9.20. The SMILES string of the molecule is Nc1ccncc1C(N)c1cc(F)c(F)c(F)c1. The molecule has 3 nitrogen and oxygen atoms in total. The third-order valence-corrected chi connectivity index (χ3v) is 2.59. The normalized spacial score (nSPS) is 12.4. The fourth-order valence-electron chi connectivity index (χ4n) is 1.61. The number of rotatable bonds is 2. The number of pyridine rings is 1. The molecule has 1 unspecified atom stereocenters. The van der Waals surface area contributed by atoms with Crippen LogP contribution in [0.4, 0.5) is 18.9 Å². The van der Waals surface area contributed by atoms with E-state index >= 15 is 0 Å². The van der Waals surface area contributed by atoms with Crippen LogP contribution in [0.3, 0.4) is 0 Å². The van der Waals surface area contributed by atoms with Crippen LogP contribution in [0, 0.1) is 17.5 Å². The first kappa shape index (κ1) is 12.4. The highest BCUT2D eigenvalue weighted by Crippen LogP contribution is 2.25. The van der Waals surface area contributed by atoms with Crippen LogP contribution in [-0.4, -0.2) is 4.98 Å². The van der Waals surface area contributed by atoms with Gasteiger partial charge in [0.05, 0.1) is 6.04 Å². The molecular formula is C12H10F3N3. The van der Waals surface area contributed by atoms with Gasteiger partial charge in [0.15, 0.2) is 17.5 Å². The van der Waals surface area contributed by atoms with Crippen LogP contribution in [0.15, 0.2) is 30.6 Å². The molecular weight excluding hydrogens is 243 g/mol. The Labute approximate surface area is 101 Å². The van der Waals surface area contributed by atoms with E-state index in [1.807, 2.05) is 0 Å². The Kier molecular flexibility index (Phi) is 3.20. The molecule has 0 aliphatic heterocycles. The van der Waals surface area contributed by atoms with Crippen molar-refractivity contribution < 1.29 is 13.2 Å². The first-order valence-electron chi connectivity index (χ1n) is 5.10.